The van der Waals surface area contributed by atoms with Crippen LogP contribution in [-0.2, 0) is 0 Å². The van der Waals surface area contributed by atoms with E-state index in [1.807, 2.05) is 47.1 Å². The van der Waals surface area contributed by atoms with Gasteiger partial charge in [-0.3, -0.25) is 5.32 Å². The van der Waals surface area contributed by atoms with Crippen LogP contribution in [0.25, 0.3) is 16.9 Å². The van der Waals surface area contributed by atoms with Gasteiger partial charge in [-0.05, 0) is 35.9 Å². The van der Waals surface area contributed by atoms with Crippen molar-refractivity contribution in [2.45, 2.75) is 12.2 Å². The SMILES string of the molecule is Clc1ccc(-c2nn(-c3ccccc3)cc2[C@@H]2NC3=CC=CC4=CC=C[C@H](N2)[C@H]43)cc1. The molecule has 3 aliphatic rings. The molecule has 2 aromatic carbocycles. The van der Waals surface area contributed by atoms with Crippen molar-refractivity contribution in [1.82, 2.24) is 20.4 Å². The minimum Gasteiger partial charge on any atom is -0.369 e. The van der Waals surface area contributed by atoms with Crippen molar-refractivity contribution < 1.29 is 0 Å². The van der Waals surface area contributed by atoms with Crippen LogP contribution >= 0.6 is 11.6 Å². The average molecular weight is 425 g/mol. The first-order valence-corrected chi connectivity index (χ1v) is 10.8. The lowest BCUT2D eigenvalue weighted by Gasteiger charge is -2.42. The van der Waals surface area contributed by atoms with E-state index in [-0.39, 0.29) is 12.2 Å². The van der Waals surface area contributed by atoms with E-state index in [9.17, 15) is 0 Å². The van der Waals surface area contributed by atoms with Gasteiger partial charge in [-0.15, -0.1) is 0 Å². The van der Waals surface area contributed by atoms with Crippen molar-refractivity contribution >= 4 is 11.6 Å². The van der Waals surface area contributed by atoms with Gasteiger partial charge in [0.25, 0.3) is 0 Å². The lowest BCUT2D eigenvalue weighted by molar-refractivity contribution is 0.326. The van der Waals surface area contributed by atoms with E-state index in [1.54, 1.807) is 0 Å². The molecule has 1 saturated heterocycles. The Morgan fingerprint density at radius 3 is 2.61 bits per heavy atom. The Hall–Kier alpha value is -3.34. The third-order valence-electron chi connectivity index (χ3n) is 6.09. The summed E-state index contributed by atoms with van der Waals surface area (Å²) in [6.07, 6.45) is 15.1. The zero-order valence-corrected chi connectivity index (χ0v) is 17.5. The number of aromatic nitrogens is 2. The lowest BCUT2D eigenvalue weighted by Crippen LogP contribution is -2.52. The highest BCUT2D eigenvalue weighted by Gasteiger charge is 2.37. The summed E-state index contributed by atoms with van der Waals surface area (Å²) in [6.45, 7) is 0. The third-order valence-corrected chi connectivity index (χ3v) is 6.34. The van der Waals surface area contributed by atoms with Gasteiger partial charge < -0.3 is 5.32 Å². The predicted molar refractivity (Wildman–Crippen MR) is 125 cm³/mol. The molecule has 6 rings (SSSR count). The summed E-state index contributed by atoms with van der Waals surface area (Å²) < 4.78 is 1.95. The molecule has 152 valence electrons. The fourth-order valence-corrected chi connectivity index (χ4v) is 4.73. The molecular weight excluding hydrogens is 404 g/mol. The molecule has 1 aromatic heterocycles. The highest BCUT2D eigenvalue weighted by Crippen LogP contribution is 2.38. The smallest absolute Gasteiger partial charge is 0.107 e. The van der Waals surface area contributed by atoms with Crippen molar-refractivity contribution in [2.24, 2.45) is 5.92 Å². The summed E-state index contributed by atoms with van der Waals surface area (Å²) in [5.41, 5.74) is 6.68. The van der Waals surface area contributed by atoms with E-state index in [0.29, 0.717) is 5.92 Å². The molecule has 0 unspecified atom stereocenters. The van der Waals surface area contributed by atoms with Gasteiger partial charge in [0.1, 0.15) is 6.17 Å². The minimum atomic E-state index is -0.0638. The van der Waals surface area contributed by atoms with E-state index in [1.165, 1.54) is 11.3 Å². The Balaban J connectivity index is 1.45. The van der Waals surface area contributed by atoms with Crippen LogP contribution < -0.4 is 10.6 Å². The second-order valence-corrected chi connectivity index (χ2v) is 8.44. The fourth-order valence-electron chi connectivity index (χ4n) is 4.61. The van der Waals surface area contributed by atoms with Crippen molar-refractivity contribution in [1.29, 1.82) is 0 Å². The van der Waals surface area contributed by atoms with Crippen molar-refractivity contribution in [3.8, 4) is 16.9 Å². The molecule has 4 nitrogen and oxygen atoms in total. The first-order valence-electron chi connectivity index (χ1n) is 10.5. The highest BCUT2D eigenvalue weighted by molar-refractivity contribution is 6.30. The molecule has 3 atom stereocenters. The zero-order chi connectivity index (χ0) is 20.8. The van der Waals surface area contributed by atoms with E-state index >= 15 is 0 Å². The van der Waals surface area contributed by atoms with Gasteiger partial charge in [0, 0.05) is 40.0 Å². The topological polar surface area (TPSA) is 41.9 Å². The molecule has 2 N–H and O–H groups in total. The molecule has 0 spiro atoms. The number of para-hydroxylation sites is 1. The number of halogens is 1. The minimum absolute atomic E-state index is 0.0638. The van der Waals surface area contributed by atoms with Gasteiger partial charge >= 0.3 is 0 Å². The summed E-state index contributed by atoms with van der Waals surface area (Å²) in [4.78, 5) is 0. The number of allylic oxidation sites excluding steroid dienone is 5. The summed E-state index contributed by atoms with van der Waals surface area (Å²) >= 11 is 6.15. The maximum Gasteiger partial charge on any atom is 0.107 e. The third kappa shape index (κ3) is 3.25. The van der Waals surface area contributed by atoms with Gasteiger partial charge in [0.15, 0.2) is 0 Å². The molecule has 2 aliphatic carbocycles. The van der Waals surface area contributed by atoms with Crippen molar-refractivity contribution in [2.75, 3.05) is 0 Å². The van der Waals surface area contributed by atoms with Crippen LogP contribution in [0.2, 0.25) is 5.02 Å². The Kier molecular flexibility index (Phi) is 4.41. The Morgan fingerprint density at radius 1 is 0.935 bits per heavy atom. The highest BCUT2D eigenvalue weighted by atomic mass is 35.5. The van der Waals surface area contributed by atoms with Crippen LogP contribution in [0.3, 0.4) is 0 Å². The van der Waals surface area contributed by atoms with Gasteiger partial charge in [-0.2, -0.15) is 5.10 Å². The second kappa shape index (κ2) is 7.41. The van der Waals surface area contributed by atoms with Crippen molar-refractivity contribution in [3.05, 3.63) is 119 Å². The van der Waals surface area contributed by atoms with Crippen LogP contribution in [0.4, 0.5) is 0 Å². The molecule has 0 saturated carbocycles. The first-order chi connectivity index (χ1) is 15.3. The molecule has 1 aliphatic heterocycles. The van der Waals surface area contributed by atoms with Gasteiger partial charge in [0.2, 0.25) is 0 Å². The van der Waals surface area contributed by atoms with Gasteiger partial charge in [-0.25, -0.2) is 4.68 Å². The molecule has 3 aromatic rings. The Morgan fingerprint density at radius 2 is 1.77 bits per heavy atom. The molecule has 1 fully saturated rings. The standard InChI is InChI=1S/C26H21ClN4/c27-19-14-12-18(13-15-19)25-21(16-31(30-25)20-8-2-1-3-9-20)26-28-22-10-4-6-17-7-5-11-23(29-26)24(17)22/h1-16,22,24,26,28-29H/t22-,24-,26-/m0/s1. The molecule has 0 radical (unpaired) electrons. The van der Waals surface area contributed by atoms with Crippen LogP contribution in [-0.4, -0.2) is 15.8 Å². The quantitative estimate of drug-likeness (QED) is 0.598. The van der Waals surface area contributed by atoms with Crippen molar-refractivity contribution in [3.63, 3.8) is 0 Å². The summed E-state index contributed by atoms with van der Waals surface area (Å²) in [6, 6.07) is 18.3. The number of benzene rings is 2. The van der Waals surface area contributed by atoms with E-state index in [0.717, 1.165) is 27.5 Å². The monoisotopic (exact) mass is 424 g/mol. The normalized spacial score (nSPS) is 23.6. The van der Waals surface area contributed by atoms with E-state index in [4.69, 9.17) is 16.7 Å². The molecule has 2 heterocycles. The van der Waals surface area contributed by atoms with Gasteiger partial charge in [-0.1, -0.05) is 72.3 Å². The van der Waals surface area contributed by atoms with Crippen LogP contribution in [0, 0.1) is 5.92 Å². The fraction of sp³-hybridized carbons (Fsp3) is 0.115. The van der Waals surface area contributed by atoms with Crippen LogP contribution in [0.15, 0.2) is 109 Å². The Labute approximate surface area is 186 Å². The molecule has 5 heteroatoms. The largest absolute Gasteiger partial charge is 0.369 e. The number of hydrogen-bond acceptors (Lipinski definition) is 3. The number of rotatable bonds is 3. The van der Waals surface area contributed by atoms with Gasteiger partial charge in [0.05, 0.1) is 11.4 Å². The van der Waals surface area contributed by atoms with Crippen LogP contribution in [0.5, 0.6) is 0 Å². The average Bonchev–Trinajstić information content (AvgIpc) is 3.26. The molecule has 0 amide bonds. The van der Waals surface area contributed by atoms with E-state index < -0.39 is 0 Å². The molecular formula is C26H21ClN4. The number of nitrogens with one attached hydrogen (secondary N) is 2. The first kappa shape index (κ1) is 18.4. The Bertz CT molecular complexity index is 1250. The molecule has 31 heavy (non-hydrogen) atoms. The maximum absolute atomic E-state index is 6.15. The van der Waals surface area contributed by atoms with E-state index in [2.05, 4.69) is 65.4 Å². The second-order valence-electron chi connectivity index (χ2n) is 8.00. The summed E-state index contributed by atoms with van der Waals surface area (Å²) in [5, 5.41) is 13.2. The number of nitrogens with zero attached hydrogens (tertiary/aromatic N) is 2. The zero-order valence-electron chi connectivity index (χ0n) is 16.7. The maximum atomic E-state index is 6.15. The molecule has 0 bridgehead atoms. The predicted octanol–water partition coefficient (Wildman–Crippen LogP) is 5.32. The number of hydrogen-bond donors (Lipinski definition) is 2. The summed E-state index contributed by atoms with van der Waals surface area (Å²) in [7, 11) is 0. The summed E-state index contributed by atoms with van der Waals surface area (Å²) in [5.74, 6) is 0.328. The van der Waals surface area contributed by atoms with Crippen LogP contribution in [0.1, 0.15) is 11.7 Å². The lowest BCUT2D eigenvalue weighted by atomic mass is 9.79.